The van der Waals surface area contributed by atoms with E-state index < -0.39 is 28.0 Å². The summed E-state index contributed by atoms with van der Waals surface area (Å²) in [6, 6.07) is 1.40. The van der Waals surface area contributed by atoms with Crippen LogP contribution in [0.4, 0.5) is 10.1 Å². The summed E-state index contributed by atoms with van der Waals surface area (Å²) in [6.07, 6.45) is 0.601. The van der Waals surface area contributed by atoms with Gasteiger partial charge in [-0.15, -0.1) is 0 Å². The number of nitro benzene ring substituents is 1. The second kappa shape index (κ2) is 6.80. The first-order chi connectivity index (χ1) is 9.32. The Morgan fingerprint density at radius 2 is 2.15 bits per heavy atom. The number of rotatable bonds is 7. The number of ether oxygens (including phenoxy) is 1. The third-order valence-electron chi connectivity index (χ3n) is 2.48. The zero-order chi connectivity index (χ0) is 15.3. The van der Waals surface area contributed by atoms with Gasteiger partial charge in [-0.05, 0) is 20.5 Å². The third-order valence-corrected chi connectivity index (χ3v) is 2.48. The van der Waals surface area contributed by atoms with Gasteiger partial charge in [-0.1, -0.05) is 0 Å². The van der Waals surface area contributed by atoms with Gasteiger partial charge in [0.2, 0.25) is 0 Å². The highest BCUT2D eigenvalue weighted by Crippen LogP contribution is 2.30. The van der Waals surface area contributed by atoms with Gasteiger partial charge in [0, 0.05) is 12.6 Å². The summed E-state index contributed by atoms with van der Waals surface area (Å²) in [5.41, 5.74) is -1.24. The predicted molar refractivity (Wildman–Crippen MR) is 68.7 cm³/mol. The number of nitro groups is 1. The van der Waals surface area contributed by atoms with Crippen LogP contribution in [0, 0.1) is 15.9 Å². The molecule has 1 N–H and O–H groups in total. The highest BCUT2D eigenvalue weighted by atomic mass is 19.1. The molecule has 0 saturated carbocycles. The molecule has 0 aliphatic rings. The molecule has 0 unspecified atom stereocenters. The molecule has 0 fully saturated rings. The van der Waals surface area contributed by atoms with Crippen molar-refractivity contribution >= 4 is 11.7 Å². The fourth-order valence-electron chi connectivity index (χ4n) is 1.53. The van der Waals surface area contributed by atoms with Crippen molar-refractivity contribution in [1.82, 2.24) is 4.90 Å². The van der Waals surface area contributed by atoms with Crippen molar-refractivity contribution < 1.29 is 24.0 Å². The molecular formula is C12H15FN2O5. The molecule has 7 nitrogen and oxygen atoms in total. The fourth-order valence-corrected chi connectivity index (χ4v) is 1.53. The quantitative estimate of drug-likeness (QED) is 0.466. The number of hydrogen-bond donors (Lipinski definition) is 1. The van der Waals surface area contributed by atoms with Crippen molar-refractivity contribution in [3.05, 3.63) is 33.6 Å². The van der Waals surface area contributed by atoms with Crippen LogP contribution < -0.4 is 4.74 Å². The van der Waals surface area contributed by atoms with Gasteiger partial charge in [-0.25, -0.2) is 9.18 Å². The van der Waals surface area contributed by atoms with E-state index in [0.29, 0.717) is 19.0 Å². The Balaban J connectivity index is 2.93. The summed E-state index contributed by atoms with van der Waals surface area (Å²) in [7, 11) is 3.73. The molecule has 8 heteroatoms. The van der Waals surface area contributed by atoms with E-state index in [1.807, 2.05) is 19.0 Å². The maximum atomic E-state index is 13.4. The van der Waals surface area contributed by atoms with Crippen molar-refractivity contribution in [2.75, 3.05) is 27.2 Å². The Kier molecular flexibility index (Phi) is 5.39. The van der Waals surface area contributed by atoms with Crippen molar-refractivity contribution in [3.63, 3.8) is 0 Å². The zero-order valence-corrected chi connectivity index (χ0v) is 11.1. The monoisotopic (exact) mass is 286 g/mol. The molecule has 0 amide bonds. The van der Waals surface area contributed by atoms with Gasteiger partial charge in [0.25, 0.3) is 0 Å². The van der Waals surface area contributed by atoms with E-state index in [4.69, 9.17) is 9.84 Å². The van der Waals surface area contributed by atoms with Gasteiger partial charge in [0.15, 0.2) is 5.75 Å². The number of carboxylic acid groups (broad SMARTS) is 1. The standard InChI is InChI=1S/C12H15FN2O5/c1-14(2)4-3-5-20-11-6-8(12(16)17)9(13)7-10(11)15(18)19/h6-7H,3-5H2,1-2H3,(H,16,17). The fraction of sp³-hybridized carbons (Fsp3) is 0.417. The molecule has 0 aliphatic carbocycles. The predicted octanol–water partition coefficient (Wildman–Crippen LogP) is 1.76. The molecule has 110 valence electrons. The van der Waals surface area contributed by atoms with Gasteiger partial charge in [0.1, 0.15) is 5.82 Å². The molecule has 1 aromatic carbocycles. The SMILES string of the molecule is CN(C)CCCOc1cc(C(=O)O)c(F)cc1[N+](=O)[O-]. The Morgan fingerprint density at radius 3 is 2.65 bits per heavy atom. The lowest BCUT2D eigenvalue weighted by molar-refractivity contribution is -0.386. The van der Waals surface area contributed by atoms with Gasteiger partial charge in [-0.3, -0.25) is 10.1 Å². The molecule has 20 heavy (non-hydrogen) atoms. The smallest absolute Gasteiger partial charge is 0.338 e. The maximum absolute atomic E-state index is 13.4. The van der Waals surface area contributed by atoms with E-state index in [-0.39, 0.29) is 12.4 Å². The molecule has 0 atom stereocenters. The van der Waals surface area contributed by atoms with Crippen molar-refractivity contribution in [2.45, 2.75) is 6.42 Å². The van der Waals surface area contributed by atoms with Crippen molar-refractivity contribution in [1.29, 1.82) is 0 Å². The number of nitrogens with zero attached hydrogens (tertiary/aromatic N) is 2. The largest absolute Gasteiger partial charge is 0.487 e. The summed E-state index contributed by atoms with van der Waals surface area (Å²) in [5.74, 6) is -2.91. The topological polar surface area (TPSA) is 92.9 Å². The molecule has 0 heterocycles. The summed E-state index contributed by atoms with van der Waals surface area (Å²) < 4.78 is 18.6. The van der Waals surface area contributed by atoms with Crippen molar-refractivity contribution in [3.8, 4) is 5.75 Å². The summed E-state index contributed by atoms with van der Waals surface area (Å²) >= 11 is 0. The molecule has 0 radical (unpaired) electrons. The highest BCUT2D eigenvalue weighted by molar-refractivity contribution is 5.89. The van der Waals surface area contributed by atoms with E-state index >= 15 is 0 Å². The Labute approximate surface area is 114 Å². The highest BCUT2D eigenvalue weighted by Gasteiger charge is 2.22. The lowest BCUT2D eigenvalue weighted by Gasteiger charge is -2.11. The van der Waals surface area contributed by atoms with Crippen LogP contribution in [0.3, 0.4) is 0 Å². The first kappa shape index (κ1) is 15.8. The van der Waals surface area contributed by atoms with Gasteiger partial charge >= 0.3 is 11.7 Å². The van der Waals surface area contributed by atoms with E-state index in [1.165, 1.54) is 0 Å². The second-order valence-corrected chi connectivity index (χ2v) is 4.37. The first-order valence-electron chi connectivity index (χ1n) is 5.81. The van der Waals surface area contributed by atoms with Crippen LogP contribution in [-0.4, -0.2) is 48.1 Å². The molecule has 0 spiro atoms. The number of halogens is 1. The number of aromatic carboxylic acids is 1. The van der Waals surface area contributed by atoms with Crippen molar-refractivity contribution in [2.24, 2.45) is 0 Å². The van der Waals surface area contributed by atoms with Crippen LogP contribution in [0.25, 0.3) is 0 Å². The molecule has 1 rings (SSSR count). The third kappa shape index (κ3) is 4.16. The minimum atomic E-state index is -1.50. The normalized spacial score (nSPS) is 10.6. The van der Waals surface area contributed by atoms with Crippen LogP contribution in [0.15, 0.2) is 12.1 Å². The summed E-state index contributed by atoms with van der Waals surface area (Å²) in [4.78, 5) is 22.7. The summed E-state index contributed by atoms with van der Waals surface area (Å²) in [6.45, 7) is 0.879. The van der Waals surface area contributed by atoms with Crippen LogP contribution in [0.5, 0.6) is 5.75 Å². The average Bonchev–Trinajstić information content (AvgIpc) is 2.34. The van der Waals surface area contributed by atoms with E-state index in [2.05, 4.69) is 0 Å². The van der Waals surface area contributed by atoms with Crippen LogP contribution in [0.2, 0.25) is 0 Å². The van der Waals surface area contributed by atoms with E-state index in [1.54, 1.807) is 0 Å². The Morgan fingerprint density at radius 1 is 1.50 bits per heavy atom. The van der Waals surface area contributed by atoms with E-state index in [9.17, 15) is 19.3 Å². The van der Waals surface area contributed by atoms with Crippen LogP contribution in [-0.2, 0) is 0 Å². The number of carbonyl (C=O) groups is 1. The Bertz CT molecular complexity index is 519. The average molecular weight is 286 g/mol. The number of hydrogen-bond acceptors (Lipinski definition) is 5. The number of carboxylic acids is 1. The Hall–Kier alpha value is -2.22. The minimum Gasteiger partial charge on any atom is -0.487 e. The zero-order valence-electron chi connectivity index (χ0n) is 11.1. The second-order valence-electron chi connectivity index (χ2n) is 4.37. The van der Waals surface area contributed by atoms with Gasteiger partial charge < -0.3 is 14.7 Å². The van der Waals surface area contributed by atoms with Crippen LogP contribution >= 0.6 is 0 Å². The molecule has 1 aromatic rings. The number of benzene rings is 1. The molecule has 0 aliphatic heterocycles. The maximum Gasteiger partial charge on any atom is 0.338 e. The first-order valence-corrected chi connectivity index (χ1v) is 5.81. The lowest BCUT2D eigenvalue weighted by atomic mass is 10.1. The van der Waals surface area contributed by atoms with E-state index in [0.717, 1.165) is 6.07 Å². The molecule has 0 aromatic heterocycles. The lowest BCUT2D eigenvalue weighted by Crippen LogP contribution is -2.16. The molecule has 0 saturated heterocycles. The molecular weight excluding hydrogens is 271 g/mol. The minimum absolute atomic E-state index is 0.170. The summed E-state index contributed by atoms with van der Waals surface area (Å²) in [5, 5.41) is 19.6. The molecule has 0 bridgehead atoms. The van der Waals surface area contributed by atoms with Gasteiger partial charge in [0.05, 0.1) is 23.2 Å². The van der Waals surface area contributed by atoms with Crippen LogP contribution in [0.1, 0.15) is 16.8 Å². The van der Waals surface area contributed by atoms with Gasteiger partial charge in [-0.2, -0.15) is 0 Å².